The third kappa shape index (κ3) is 3.32. The predicted octanol–water partition coefficient (Wildman–Crippen LogP) is 2.96. The van der Waals surface area contributed by atoms with Gasteiger partial charge in [0.1, 0.15) is 5.82 Å². The van der Waals surface area contributed by atoms with Gasteiger partial charge in [0, 0.05) is 30.9 Å². The summed E-state index contributed by atoms with van der Waals surface area (Å²) in [6.45, 7) is 5.72. The van der Waals surface area contributed by atoms with Gasteiger partial charge in [-0.1, -0.05) is 36.4 Å². The molecule has 3 heteroatoms. The molecule has 2 N–H and O–H groups in total. The first-order chi connectivity index (χ1) is 9.22. The highest BCUT2D eigenvalue weighted by Crippen LogP contribution is 2.21. The molecule has 0 radical (unpaired) electrons. The summed E-state index contributed by atoms with van der Waals surface area (Å²) in [4.78, 5) is 6.80. The summed E-state index contributed by atoms with van der Waals surface area (Å²) in [6, 6.07) is 14.8. The molecule has 0 aliphatic rings. The molecule has 0 bridgehead atoms. The van der Waals surface area contributed by atoms with Crippen LogP contribution in [0.25, 0.3) is 0 Å². The van der Waals surface area contributed by atoms with Gasteiger partial charge >= 0.3 is 0 Å². The van der Waals surface area contributed by atoms with Gasteiger partial charge in [-0.05, 0) is 25.5 Å². The van der Waals surface area contributed by atoms with E-state index in [1.54, 1.807) is 0 Å². The Hall–Kier alpha value is -1.87. The monoisotopic (exact) mass is 255 g/mol. The maximum absolute atomic E-state index is 5.82. The fourth-order valence-electron chi connectivity index (χ4n) is 2.13. The highest BCUT2D eigenvalue weighted by Gasteiger charge is 2.15. The molecule has 0 amide bonds. The van der Waals surface area contributed by atoms with Crippen molar-refractivity contribution >= 4 is 5.82 Å². The molecule has 100 valence electrons. The average Bonchev–Trinajstić information content (AvgIpc) is 2.45. The Bertz CT molecular complexity index is 508. The summed E-state index contributed by atoms with van der Waals surface area (Å²) in [5.41, 5.74) is 8.19. The molecule has 0 aliphatic carbocycles. The lowest BCUT2D eigenvalue weighted by Crippen LogP contribution is -2.32. The average molecular weight is 255 g/mol. The minimum Gasteiger partial charge on any atom is -0.350 e. The highest BCUT2D eigenvalue weighted by molar-refractivity contribution is 5.48. The lowest BCUT2D eigenvalue weighted by molar-refractivity contribution is 0.667. The Labute approximate surface area is 115 Å². The van der Waals surface area contributed by atoms with Crippen molar-refractivity contribution in [2.45, 2.75) is 33.0 Å². The van der Waals surface area contributed by atoms with Crippen molar-refractivity contribution in [3.05, 3.63) is 59.8 Å². The summed E-state index contributed by atoms with van der Waals surface area (Å²) in [5.74, 6) is 0.990. The van der Waals surface area contributed by atoms with E-state index in [4.69, 9.17) is 5.73 Å². The second-order valence-corrected chi connectivity index (χ2v) is 4.90. The Morgan fingerprint density at radius 2 is 1.84 bits per heavy atom. The van der Waals surface area contributed by atoms with E-state index in [-0.39, 0.29) is 0 Å². The second-order valence-electron chi connectivity index (χ2n) is 4.90. The van der Waals surface area contributed by atoms with E-state index < -0.39 is 0 Å². The molecule has 1 aromatic heterocycles. The summed E-state index contributed by atoms with van der Waals surface area (Å²) < 4.78 is 0. The van der Waals surface area contributed by atoms with Crippen LogP contribution in [-0.2, 0) is 13.1 Å². The quantitative estimate of drug-likeness (QED) is 0.893. The SMILES string of the molecule is CC(C)N(Cc1ccccc1)c1ncccc1CN. The van der Waals surface area contributed by atoms with Gasteiger partial charge in [-0.15, -0.1) is 0 Å². The van der Waals surface area contributed by atoms with Crippen LogP contribution in [-0.4, -0.2) is 11.0 Å². The van der Waals surface area contributed by atoms with Crippen LogP contribution in [0.3, 0.4) is 0 Å². The van der Waals surface area contributed by atoms with Crippen molar-refractivity contribution in [3.63, 3.8) is 0 Å². The third-order valence-electron chi connectivity index (χ3n) is 3.18. The Kier molecular flexibility index (Phi) is 4.53. The van der Waals surface area contributed by atoms with Crippen molar-refractivity contribution in [1.82, 2.24) is 4.98 Å². The van der Waals surface area contributed by atoms with E-state index in [1.165, 1.54) is 5.56 Å². The van der Waals surface area contributed by atoms with Crippen LogP contribution in [0.5, 0.6) is 0 Å². The molecule has 0 saturated heterocycles. The van der Waals surface area contributed by atoms with Crippen LogP contribution in [0.4, 0.5) is 5.82 Å². The minimum atomic E-state index is 0.375. The van der Waals surface area contributed by atoms with Gasteiger partial charge in [-0.2, -0.15) is 0 Å². The smallest absolute Gasteiger partial charge is 0.133 e. The summed E-state index contributed by atoms with van der Waals surface area (Å²) in [7, 11) is 0. The van der Waals surface area contributed by atoms with Crippen molar-refractivity contribution in [3.8, 4) is 0 Å². The fraction of sp³-hybridized carbons (Fsp3) is 0.312. The Morgan fingerprint density at radius 3 is 2.47 bits per heavy atom. The molecule has 0 unspecified atom stereocenters. The van der Waals surface area contributed by atoms with E-state index in [1.807, 2.05) is 24.4 Å². The fourth-order valence-corrected chi connectivity index (χ4v) is 2.13. The standard InChI is InChI=1S/C16H21N3/c1-13(2)19(12-14-7-4-3-5-8-14)16-15(11-17)9-6-10-18-16/h3-10,13H,11-12,17H2,1-2H3. The molecule has 0 atom stereocenters. The van der Waals surface area contributed by atoms with Crippen molar-refractivity contribution in [2.75, 3.05) is 4.90 Å². The van der Waals surface area contributed by atoms with Crippen molar-refractivity contribution in [1.29, 1.82) is 0 Å². The van der Waals surface area contributed by atoms with Crippen LogP contribution in [0.1, 0.15) is 25.0 Å². The first kappa shape index (κ1) is 13.6. The number of nitrogens with two attached hydrogens (primary N) is 1. The first-order valence-electron chi connectivity index (χ1n) is 6.67. The largest absolute Gasteiger partial charge is 0.350 e. The summed E-state index contributed by atoms with van der Waals surface area (Å²) >= 11 is 0. The van der Waals surface area contributed by atoms with E-state index in [0.717, 1.165) is 17.9 Å². The van der Waals surface area contributed by atoms with Crippen LogP contribution < -0.4 is 10.6 Å². The second kappa shape index (κ2) is 6.34. The summed E-state index contributed by atoms with van der Waals surface area (Å²) in [6.07, 6.45) is 1.83. The van der Waals surface area contributed by atoms with Crippen LogP contribution >= 0.6 is 0 Å². The Balaban J connectivity index is 2.30. The van der Waals surface area contributed by atoms with Crippen LogP contribution in [0, 0.1) is 0 Å². The molecule has 1 heterocycles. The van der Waals surface area contributed by atoms with E-state index in [2.05, 4.69) is 48.0 Å². The van der Waals surface area contributed by atoms with Gasteiger partial charge in [-0.3, -0.25) is 0 Å². The van der Waals surface area contributed by atoms with Gasteiger partial charge in [0.2, 0.25) is 0 Å². The normalized spacial score (nSPS) is 10.7. The van der Waals surface area contributed by atoms with E-state index >= 15 is 0 Å². The maximum Gasteiger partial charge on any atom is 0.133 e. The molecular weight excluding hydrogens is 234 g/mol. The predicted molar refractivity (Wildman–Crippen MR) is 79.9 cm³/mol. The van der Waals surface area contributed by atoms with Crippen LogP contribution in [0.2, 0.25) is 0 Å². The van der Waals surface area contributed by atoms with Crippen molar-refractivity contribution < 1.29 is 0 Å². The number of rotatable bonds is 5. The van der Waals surface area contributed by atoms with Crippen molar-refractivity contribution in [2.24, 2.45) is 5.73 Å². The zero-order valence-electron chi connectivity index (χ0n) is 11.6. The van der Waals surface area contributed by atoms with Gasteiger partial charge in [0.05, 0.1) is 0 Å². The van der Waals surface area contributed by atoms with Gasteiger partial charge in [-0.25, -0.2) is 4.98 Å². The molecule has 19 heavy (non-hydrogen) atoms. The van der Waals surface area contributed by atoms with Gasteiger partial charge < -0.3 is 10.6 Å². The number of anilines is 1. The topological polar surface area (TPSA) is 42.2 Å². The number of pyridine rings is 1. The molecule has 2 rings (SSSR count). The first-order valence-corrected chi connectivity index (χ1v) is 6.67. The zero-order chi connectivity index (χ0) is 13.7. The molecule has 0 fully saturated rings. The highest BCUT2D eigenvalue weighted by atomic mass is 15.2. The van der Waals surface area contributed by atoms with Crippen LogP contribution in [0.15, 0.2) is 48.7 Å². The number of benzene rings is 1. The molecule has 3 nitrogen and oxygen atoms in total. The zero-order valence-corrected chi connectivity index (χ0v) is 11.6. The summed E-state index contributed by atoms with van der Waals surface area (Å²) in [5, 5.41) is 0. The molecule has 1 aromatic carbocycles. The molecule has 2 aromatic rings. The lowest BCUT2D eigenvalue weighted by atomic mass is 10.1. The Morgan fingerprint density at radius 1 is 1.11 bits per heavy atom. The molecular formula is C16H21N3. The molecule has 0 saturated carbocycles. The number of hydrogen-bond acceptors (Lipinski definition) is 3. The number of nitrogens with zero attached hydrogens (tertiary/aromatic N) is 2. The number of aromatic nitrogens is 1. The van der Waals surface area contributed by atoms with E-state index in [0.29, 0.717) is 12.6 Å². The van der Waals surface area contributed by atoms with E-state index in [9.17, 15) is 0 Å². The molecule has 0 aliphatic heterocycles. The molecule has 0 spiro atoms. The maximum atomic E-state index is 5.82. The minimum absolute atomic E-state index is 0.375. The third-order valence-corrected chi connectivity index (χ3v) is 3.18. The van der Waals surface area contributed by atoms with Gasteiger partial charge in [0.25, 0.3) is 0 Å². The van der Waals surface area contributed by atoms with Gasteiger partial charge in [0.15, 0.2) is 0 Å². The lowest BCUT2D eigenvalue weighted by Gasteiger charge is -2.29. The number of hydrogen-bond donors (Lipinski definition) is 1.